The average Bonchev–Trinajstić information content (AvgIpc) is 3.09. The van der Waals surface area contributed by atoms with Crippen LogP contribution in [0.1, 0.15) is 21.5 Å². The first-order valence-corrected chi connectivity index (χ1v) is 9.32. The molecule has 6 nitrogen and oxygen atoms in total. The highest BCUT2D eigenvalue weighted by molar-refractivity contribution is 8.13. The zero-order valence-electron chi connectivity index (χ0n) is 14.0. The van der Waals surface area contributed by atoms with Crippen LogP contribution in [0.4, 0.5) is 5.69 Å². The topological polar surface area (TPSA) is 75.8 Å². The second-order valence-electron chi connectivity index (χ2n) is 5.71. The van der Waals surface area contributed by atoms with Crippen molar-refractivity contribution in [2.24, 2.45) is 4.99 Å². The van der Waals surface area contributed by atoms with E-state index in [2.05, 4.69) is 4.99 Å². The zero-order chi connectivity index (χ0) is 18.7. The maximum atomic E-state index is 12.9. The summed E-state index contributed by atoms with van der Waals surface area (Å²) in [7, 11) is 0. The number of amidine groups is 1. The minimum absolute atomic E-state index is 0.0581. The van der Waals surface area contributed by atoms with Crippen LogP contribution in [0.15, 0.2) is 47.5 Å². The molecule has 134 valence electrons. The van der Waals surface area contributed by atoms with E-state index in [4.69, 9.17) is 11.6 Å². The summed E-state index contributed by atoms with van der Waals surface area (Å²) < 4.78 is 0. The molecule has 0 radical (unpaired) electrons. The lowest BCUT2D eigenvalue weighted by molar-refractivity contribution is -0.385. The third kappa shape index (κ3) is 3.73. The van der Waals surface area contributed by atoms with Gasteiger partial charge in [-0.2, -0.15) is 0 Å². The van der Waals surface area contributed by atoms with Gasteiger partial charge in [-0.25, -0.2) is 0 Å². The molecule has 2 aromatic carbocycles. The molecule has 0 unspecified atom stereocenters. The first-order valence-electron chi connectivity index (χ1n) is 7.95. The summed E-state index contributed by atoms with van der Waals surface area (Å²) in [6, 6.07) is 12.1. The molecule has 0 fully saturated rings. The smallest absolute Gasteiger partial charge is 0.273 e. The van der Waals surface area contributed by atoms with Gasteiger partial charge in [-0.05, 0) is 24.6 Å². The van der Waals surface area contributed by atoms with Crippen LogP contribution in [0.25, 0.3) is 0 Å². The Morgan fingerprint density at radius 3 is 2.81 bits per heavy atom. The molecule has 0 spiro atoms. The molecule has 0 atom stereocenters. The molecule has 0 saturated heterocycles. The number of hydrogen-bond donors (Lipinski definition) is 0. The minimum Gasteiger partial charge on any atom is -0.286 e. The quantitative estimate of drug-likeness (QED) is 0.577. The molecular formula is C18H16ClN3O3S. The number of hydrogen-bond acceptors (Lipinski definition) is 5. The van der Waals surface area contributed by atoms with E-state index in [9.17, 15) is 14.9 Å². The lowest BCUT2D eigenvalue weighted by Gasteiger charge is -2.19. The fourth-order valence-corrected chi connectivity index (χ4v) is 4.03. The SMILES string of the molecule is Cc1c(C(=O)N2CCN=C2SCc2ccccc2Cl)cccc1[N+](=O)[O-]. The van der Waals surface area contributed by atoms with Crippen LogP contribution in [0.3, 0.4) is 0 Å². The van der Waals surface area contributed by atoms with Crippen LogP contribution in [0.5, 0.6) is 0 Å². The molecular weight excluding hydrogens is 374 g/mol. The first-order chi connectivity index (χ1) is 12.5. The van der Waals surface area contributed by atoms with Crippen molar-refractivity contribution >= 4 is 40.1 Å². The van der Waals surface area contributed by atoms with Crippen molar-refractivity contribution in [1.29, 1.82) is 0 Å². The Labute approximate surface area is 160 Å². The van der Waals surface area contributed by atoms with Crippen LogP contribution >= 0.6 is 23.4 Å². The lowest BCUT2D eigenvalue weighted by Crippen LogP contribution is -2.33. The van der Waals surface area contributed by atoms with Crippen LogP contribution in [0, 0.1) is 17.0 Å². The number of benzene rings is 2. The molecule has 1 aliphatic rings. The largest absolute Gasteiger partial charge is 0.286 e. The number of nitrogens with zero attached hydrogens (tertiary/aromatic N) is 3. The number of rotatable bonds is 4. The average molecular weight is 390 g/mol. The van der Waals surface area contributed by atoms with Gasteiger partial charge in [-0.15, -0.1) is 0 Å². The second-order valence-corrected chi connectivity index (χ2v) is 7.06. The Kier molecular flexibility index (Phi) is 5.58. The van der Waals surface area contributed by atoms with Gasteiger partial charge in [-0.1, -0.05) is 47.6 Å². The van der Waals surface area contributed by atoms with E-state index in [1.807, 2.05) is 24.3 Å². The molecule has 0 aliphatic carbocycles. The number of halogens is 1. The number of thioether (sulfide) groups is 1. The maximum Gasteiger partial charge on any atom is 0.273 e. The summed E-state index contributed by atoms with van der Waals surface area (Å²) in [5.74, 6) is 0.324. The fraction of sp³-hybridized carbons (Fsp3) is 0.222. The highest BCUT2D eigenvalue weighted by Gasteiger charge is 2.28. The summed E-state index contributed by atoms with van der Waals surface area (Å²) in [6.07, 6.45) is 0. The highest BCUT2D eigenvalue weighted by Crippen LogP contribution is 2.27. The molecule has 0 saturated carbocycles. The molecule has 3 rings (SSSR count). The second kappa shape index (κ2) is 7.88. The van der Waals surface area contributed by atoms with Gasteiger partial charge in [0.2, 0.25) is 0 Å². The number of nitro benzene ring substituents is 1. The van der Waals surface area contributed by atoms with E-state index in [1.165, 1.54) is 23.9 Å². The molecule has 1 heterocycles. The monoisotopic (exact) mass is 389 g/mol. The van der Waals surface area contributed by atoms with Gasteiger partial charge in [0, 0.05) is 34.5 Å². The van der Waals surface area contributed by atoms with E-state index in [0.717, 1.165) is 5.56 Å². The van der Waals surface area contributed by atoms with Crippen molar-refractivity contribution in [2.75, 3.05) is 13.1 Å². The summed E-state index contributed by atoms with van der Waals surface area (Å²) in [4.78, 5) is 29.5. The molecule has 1 aliphatic heterocycles. The van der Waals surface area contributed by atoms with Gasteiger partial charge < -0.3 is 0 Å². The third-order valence-electron chi connectivity index (χ3n) is 4.09. The van der Waals surface area contributed by atoms with Crippen molar-refractivity contribution in [2.45, 2.75) is 12.7 Å². The number of carbonyl (C=O) groups excluding carboxylic acids is 1. The third-order valence-corrected chi connectivity index (χ3v) is 5.53. The summed E-state index contributed by atoms with van der Waals surface area (Å²) >= 11 is 7.61. The van der Waals surface area contributed by atoms with E-state index in [0.29, 0.717) is 40.2 Å². The Morgan fingerprint density at radius 1 is 1.31 bits per heavy atom. The summed E-state index contributed by atoms with van der Waals surface area (Å²) in [5.41, 5.74) is 1.60. The van der Waals surface area contributed by atoms with E-state index < -0.39 is 4.92 Å². The normalized spacial score (nSPS) is 13.6. The zero-order valence-corrected chi connectivity index (χ0v) is 15.6. The van der Waals surface area contributed by atoms with Gasteiger partial charge in [-0.3, -0.25) is 24.8 Å². The molecule has 0 aromatic heterocycles. The number of amides is 1. The van der Waals surface area contributed by atoms with Crippen molar-refractivity contribution in [3.8, 4) is 0 Å². The van der Waals surface area contributed by atoms with Crippen molar-refractivity contribution in [3.05, 3.63) is 74.3 Å². The summed E-state index contributed by atoms with van der Waals surface area (Å²) in [5, 5.41) is 12.4. The van der Waals surface area contributed by atoms with Crippen molar-refractivity contribution in [3.63, 3.8) is 0 Å². The van der Waals surface area contributed by atoms with Gasteiger partial charge in [0.25, 0.3) is 11.6 Å². The van der Waals surface area contributed by atoms with Crippen LogP contribution < -0.4 is 0 Å². The van der Waals surface area contributed by atoms with E-state index in [-0.39, 0.29) is 11.6 Å². The Morgan fingerprint density at radius 2 is 2.08 bits per heavy atom. The van der Waals surface area contributed by atoms with Gasteiger partial charge in [0.1, 0.15) is 0 Å². The highest BCUT2D eigenvalue weighted by atomic mass is 35.5. The predicted molar refractivity (Wildman–Crippen MR) is 104 cm³/mol. The minimum atomic E-state index is -0.475. The van der Waals surface area contributed by atoms with Crippen LogP contribution in [0.2, 0.25) is 5.02 Å². The molecule has 0 N–H and O–H groups in total. The molecule has 1 amide bonds. The molecule has 0 bridgehead atoms. The fourth-order valence-electron chi connectivity index (χ4n) is 2.69. The van der Waals surface area contributed by atoms with Crippen molar-refractivity contribution in [1.82, 2.24) is 4.90 Å². The number of aliphatic imine (C=N–C) groups is 1. The Balaban J connectivity index is 1.78. The van der Waals surface area contributed by atoms with Gasteiger partial charge >= 0.3 is 0 Å². The lowest BCUT2D eigenvalue weighted by atomic mass is 10.1. The molecule has 8 heteroatoms. The predicted octanol–water partition coefficient (Wildman–Crippen LogP) is 4.30. The van der Waals surface area contributed by atoms with Gasteiger partial charge in [0.05, 0.1) is 11.5 Å². The Hall–Kier alpha value is -2.38. The van der Waals surface area contributed by atoms with Crippen molar-refractivity contribution < 1.29 is 9.72 Å². The maximum absolute atomic E-state index is 12.9. The molecule has 26 heavy (non-hydrogen) atoms. The van der Waals surface area contributed by atoms with E-state index in [1.54, 1.807) is 17.9 Å². The Bertz CT molecular complexity index is 901. The van der Waals surface area contributed by atoms with Crippen LogP contribution in [-0.2, 0) is 5.75 Å². The molecule has 2 aromatic rings. The standard InChI is InChI=1S/C18H16ClN3O3S/c1-12-14(6-4-8-16(12)22(24)25)17(23)21-10-9-20-18(21)26-11-13-5-2-3-7-15(13)19/h2-8H,9-11H2,1H3. The van der Waals surface area contributed by atoms with Crippen LogP contribution in [-0.4, -0.2) is 34.0 Å². The van der Waals surface area contributed by atoms with E-state index >= 15 is 0 Å². The van der Waals surface area contributed by atoms with Gasteiger partial charge in [0.15, 0.2) is 5.17 Å². The first kappa shape index (κ1) is 18.4. The summed E-state index contributed by atoms with van der Waals surface area (Å²) in [6.45, 7) is 2.57. The number of nitro groups is 1. The number of carbonyl (C=O) groups is 1.